The van der Waals surface area contributed by atoms with Gasteiger partial charge >= 0.3 is 0 Å². The Morgan fingerprint density at radius 3 is 2.78 bits per heavy atom. The van der Waals surface area contributed by atoms with Gasteiger partial charge in [0, 0.05) is 18.4 Å². The Hall–Kier alpha value is -2.67. The summed E-state index contributed by atoms with van der Waals surface area (Å²) in [5.41, 5.74) is 8.39. The molecule has 118 valence electrons. The van der Waals surface area contributed by atoms with Gasteiger partial charge < -0.3 is 11.1 Å². The predicted octanol–water partition coefficient (Wildman–Crippen LogP) is 2.36. The quantitative estimate of drug-likeness (QED) is 0.765. The highest BCUT2D eigenvalue weighted by Crippen LogP contribution is 2.26. The molecule has 3 N–H and O–H groups in total. The molecule has 8 heteroatoms. The molecule has 1 amide bonds. The number of pyridine rings is 1. The zero-order chi connectivity index (χ0) is 16.6. The number of hydrogen-bond acceptors (Lipinski definition) is 5. The van der Waals surface area contributed by atoms with Crippen molar-refractivity contribution in [1.29, 1.82) is 0 Å². The van der Waals surface area contributed by atoms with Gasteiger partial charge in [-0.1, -0.05) is 11.6 Å². The van der Waals surface area contributed by atoms with Crippen LogP contribution in [-0.4, -0.2) is 31.5 Å². The summed E-state index contributed by atoms with van der Waals surface area (Å²) in [6.07, 6.45) is 6.33. The molecule has 0 aromatic carbocycles. The van der Waals surface area contributed by atoms with Gasteiger partial charge in [-0.2, -0.15) is 5.10 Å². The number of carbonyl (C=O) groups excluding carboxylic acids is 1. The number of halogens is 1. The average Bonchev–Trinajstić information content (AvgIpc) is 2.89. The molecule has 3 aromatic heterocycles. The lowest BCUT2D eigenvalue weighted by molar-refractivity contribution is 0.100. The summed E-state index contributed by atoms with van der Waals surface area (Å²) >= 11 is 5.91. The first kappa shape index (κ1) is 15.2. The Morgan fingerprint density at radius 2 is 2.09 bits per heavy atom. The standard InChI is InChI=1S/C15H15ClN6O/c1-8(2)21-13-3-12(18-5-10(13)14(17)23)11-6-20-22-7-9(16)4-19-15(11)22/h3-8H,1-2H3,(H2,17,23)(H,18,21). The SMILES string of the molecule is CC(C)Nc1cc(-c2cnn3cc(Cl)cnc23)ncc1C(N)=O. The van der Waals surface area contributed by atoms with E-state index in [1.807, 2.05) is 13.8 Å². The van der Waals surface area contributed by atoms with Crippen LogP contribution in [0.25, 0.3) is 16.9 Å². The number of nitrogens with two attached hydrogens (primary N) is 1. The van der Waals surface area contributed by atoms with E-state index < -0.39 is 5.91 Å². The second-order valence-corrected chi connectivity index (χ2v) is 5.81. The van der Waals surface area contributed by atoms with Crippen LogP contribution in [0.15, 0.2) is 30.9 Å². The van der Waals surface area contributed by atoms with Gasteiger partial charge in [0.15, 0.2) is 5.65 Å². The van der Waals surface area contributed by atoms with Crippen molar-refractivity contribution in [3.63, 3.8) is 0 Å². The van der Waals surface area contributed by atoms with Crippen LogP contribution in [-0.2, 0) is 0 Å². The molecule has 23 heavy (non-hydrogen) atoms. The molecular formula is C15H15ClN6O. The number of fused-ring (bicyclic) bond motifs is 1. The van der Waals surface area contributed by atoms with Crippen molar-refractivity contribution in [2.24, 2.45) is 5.73 Å². The zero-order valence-electron chi connectivity index (χ0n) is 12.6. The number of carbonyl (C=O) groups is 1. The lowest BCUT2D eigenvalue weighted by Gasteiger charge is -2.14. The Morgan fingerprint density at radius 1 is 1.30 bits per heavy atom. The van der Waals surface area contributed by atoms with Crippen LogP contribution in [0.1, 0.15) is 24.2 Å². The van der Waals surface area contributed by atoms with Gasteiger partial charge in [-0.15, -0.1) is 0 Å². The largest absolute Gasteiger partial charge is 0.382 e. The molecule has 0 aliphatic rings. The van der Waals surface area contributed by atoms with Gasteiger partial charge in [-0.05, 0) is 19.9 Å². The van der Waals surface area contributed by atoms with Gasteiger partial charge in [0.05, 0.1) is 39.9 Å². The summed E-state index contributed by atoms with van der Waals surface area (Å²) in [6, 6.07) is 1.91. The summed E-state index contributed by atoms with van der Waals surface area (Å²) in [5, 5.41) is 7.92. The summed E-state index contributed by atoms with van der Waals surface area (Å²) in [6.45, 7) is 3.95. The fraction of sp³-hybridized carbons (Fsp3) is 0.200. The third-order valence-corrected chi connectivity index (χ3v) is 3.41. The number of hydrogen-bond donors (Lipinski definition) is 2. The zero-order valence-corrected chi connectivity index (χ0v) is 13.4. The van der Waals surface area contributed by atoms with Crippen molar-refractivity contribution >= 4 is 28.8 Å². The topological polar surface area (TPSA) is 98.2 Å². The van der Waals surface area contributed by atoms with Crippen molar-refractivity contribution in [3.8, 4) is 11.3 Å². The van der Waals surface area contributed by atoms with E-state index in [4.69, 9.17) is 17.3 Å². The summed E-state index contributed by atoms with van der Waals surface area (Å²) in [5.74, 6) is -0.531. The van der Waals surface area contributed by atoms with Crippen molar-refractivity contribution in [2.75, 3.05) is 5.32 Å². The van der Waals surface area contributed by atoms with Crippen LogP contribution < -0.4 is 11.1 Å². The van der Waals surface area contributed by atoms with Gasteiger partial charge in [0.1, 0.15) is 0 Å². The molecule has 3 heterocycles. The summed E-state index contributed by atoms with van der Waals surface area (Å²) < 4.78 is 1.58. The number of rotatable bonds is 4. The number of aromatic nitrogens is 4. The number of anilines is 1. The minimum Gasteiger partial charge on any atom is -0.382 e. The van der Waals surface area contributed by atoms with E-state index in [1.54, 1.807) is 29.2 Å². The number of primary amides is 1. The van der Waals surface area contributed by atoms with E-state index in [-0.39, 0.29) is 6.04 Å². The maximum Gasteiger partial charge on any atom is 0.252 e. The lowest BCUT2D eigenvalue weighted by atomic mass is 10.1. The predicted molar refractivity (Wildman–Crippen MR) is 88.5 cm³/mol. The normalized spacial score (nSPS) is 11.1. The van der Waals surface area contributed by atoms with E-state index in [1.165, 1.54) is 6.20 Å². The fourth-order valence-electron chi connectivity index (χ4n) is 2.26. The maximum atomic E-state index is 11.5. The molecule has 0 radical (unpaired) electrons. The van der Waals surface area contributed by atoms with Crippen LogP contribution in [0.5, 0.6) is 0 Å². The van der Waals surface area contributed by atoms with Crippen LogP contribution in [0, 0.1) is 0 Å². The van der Waals surface area contributed by atoms with Gasteiger partial charge in [0.25, 0.3) is 5.91 Å². The first-order valence-electron chi connectivity index (χ1n) is 7.01. The highest BCUT2D eigenvalue weighted by molar-refractivity contribution is 6.30. The van der Waals surface area contributed by atoms with Crippen molar-refractivity contribution in [3.05, 3.63) is 41.4 Å². The first-order valence-corrected chi connectivity index (χ1v) is 7.39. The molecule has 0 aliphatic heterocycles. The van der Waals surface area contributed by atoms with Gasteiger partial charge in [-0.3, -0.25) is 9.78 Å². The Balaban J connectivity index is 2.13. The number of amides is 1. The molecule has 3 rings (SSSR count). The van der Waals surface area contributed by atoms with E-state index >= 15 is 0 Å². The van der Waals surface area contributed by atoms with Crippen LogP contribution in [0.3, 0.4) is 0 Å². The smallest absolute Gasteiger partial charge is 0.252 e. The van der Waals surface area contributed by atoms with Gasteiger partial charge in [-0.25, -0.2) is 9.50 Å². The molecule has 0 fully saturated rings. The molecule has 3 aromatic rings. The van der Waals surface area contributed by atoms with E-state index in [9.17, 15) is 4.79 Å². The average molecular weight is 331 g/mol. The van der Waals surface area contributed by atoms with Crippen LogP contribution >= 0.6 is 11.6 Å². The monoisotopic (exact) mass is 330 g/mol. The highest BCUT2D eigenvalue weighted by Gasteiger charge is 2.15. The molecular weight excluding hydrogens is 316 g/mol. The third kappa shape index (κ3) is 2.95. The third-order valence-electron chi connectivity index (χ3n) is 3.21. The Bertz CT molecular complexity index is 889. The molecule has 7 nitrogen and oxygen atoms in total. The Labute approximate surface area is 137 Å². The fourth-order valence-corrected chi connectivity index (χ4v) is 2.40. The first-order chi connectivity index (χ1) is 11.0. The minimum absolute atomic E-state index is 0.143. The molecule has 0 spiro atoms. The number of nitrogens with zero attached hydrogens (tertiary/aromatic N) is 4. The summed E-state index contributed by atoms with van der Waals surface area (Å²) in [7, 11) is 0. The molecule has 0 saturated carbocycles. The van der Waals surface area contributed by atoms with Crippen molar-refractivity contribution < 1.29 is 4.79 Å². The molecule has 0 atom stereocenters. The lowest BCUT2D eigenvalue weighted by Crippen LogP contribution is -2.18. The van der Waals surface area contributed by atoms with Crippen molar-refractivity contribution in [1.82, 2.24) is 19.6 Å². The minimum atomic E-state index is -0.531. The summed E-state index contributed by atoms with van der Waals surface area (Å²) in [4.78, 5) is 20.1. The van der Waals surface area contributed by atoms with E-state index in [0.717, 1.165) is 5.56 Å². The van der Waals surface area contributed by atoms with E-state index in [0.29, 0.717) is 27.6 Å². The van der Waals surface area contributed by atoms with E-state index in [2.05, 4.69) is 20.4 Å². The second kappa shape index (κ2) is 5.85. The Kier molecular flexibility index (Phi) is 3.87. The van der Waals surface area contributed by atoms with Crippen LogP contribution in [0.2, 0.25) is 5.02 Å². The second-order valence-electron chi connectivity index (χ2n) is 5.38. The van der Waals surface area contributed by atoms with Crippen LogP contribution in [0.4, 0.5) is 5.69 Å². The number of nitrogens with one attached hydrogen (secondary N) is 1. The molecule has 0 unspecified atom stereocenters. The molecule has 0 bridgehead atoms. The maximum absolute atomic E-state index is 11.5. The van der Waals surface area contributed by atoms with Gasteiger partial charge in [0.2, 0.25) is 0 Å². The van der Waals surface area contributed by atoms with Crippen molar-refractivity contribution in [2.45, 2.75) is 19.9 Å². The molecule has 0 saturated heterocycles. The highest BCUT2D eigenvalue weighted by atomic mass is 35.5. The molecule has 0 aliphatic carbocycles.